The lowest BCUT2D eigenvalue weighted by molar-refractivity contribution is -0.384. The minimum absolute atomic E-state index is 0.0458. The van der Waals surface area contributed by atoms with Crippen LogP contribution in [0, 0.1) is 30.8 Å². The molecule has 6 nitrogen and oxygen atoms in total. The van der Waals surface area contributed by atoms with Gasteiger partial charge in [0, 0.05) is 17.7 Å². The molecule has 0 saturated heterocycles. The molecule has 8 heteroatoms. The van der Waals surface area contributed by atoms with Gasteiger partial charge in [0.05, 0.1) is 26.7 Å². The van der Waals surface area contributed by atoms with Crippen molar-refractivity contribution in [3.8, 4) is 17.6 Å². The number of benzene rings is 3. The third kappa shape index (κ3) is 5.62. The van der Waals surface area contributed by atoms with E-state index in [1.54, 1.807) is 30.3 Å². The second-order valence-electron chi connectivity index (χ2n) is 6.62. The molecule has 32 heavy (non-hydrogen) atoms. The van der Waals surface area contributed by atoms with Crippen molar-refractivity contribution in [2.24, 2.45) is 0 Å². The van der Waals surface area contributed by atoms with Crippen LogP contribution in [0.4, 0.5) is 10.1 Å². The first-order valence-electron chi connectivity index (χ1n) is 9.62. The number of nitrogens with zero attached hydrogens (tertiary/aromatic N) is 2. The summed E-state index contributed by atoms with van der Waals surface area (Å²) in [5, 5.41) is 20.5. The number of nitro benzene ring substituents is 1. The Balaban J connectivity index is 1.92. The first-order valence-corrected chi connectivity index (χ1v) is 10.7. The molecule has 0 aliphatic rings. The molecule has 0 atom stereocenters. The van der Waals surface area contributed by atoms with E-state index in [2.05, 4.69) is 28.7 Å². The molecule has 0 N–H and O–H groups in total. The highest BCUT2D eigenvalue weighted by Gasteiger charge is 2.14. The molecule has 0 saturated carbocycles. The fourth-order valence-electron chi connectivity index (χ4n) is 2.95. The maximum absolute atomic E-state index is 13.9. The fraction of sp³-hybridized carbons (Fsp3) is 0.125. The zero-order valence-corrected chi connectivity index (χ0v) is 19.2. The van der Waals surface area contributed by atoms with Crippen LogP contribution in [0.3, 0.4) is 0 Å². The Morgan fingerprint density at radius 3 is 2.53 bits per heavy atom. The molecule has 0 bridgehead atoms. The van der Waals surface area contributed by atoms with Gasteiger partial charge in [-0.3, -0.25) is 10.1 Å². The number of nitro groups is 1. The Labute approximate surface area is 198 Å². The normalized spacial score (nSPS) is 11.0. The number of allylic oxidation sites excluding steroid dienone is 1. The van der Waals surface area contributed by atoms with Gasteiger partial charge in [0.25, 0.3) is 5.69 Å². The van der Waals surface area contributed by atoms with Gasteiger partial charge in [0.15, 0.2) is 11.5 Å². The van der Waals surface area contributed by atoms with Crippen LogP contribution in [0.1, 0.15) is 23.6 Å². The topological polar surface area (TPSA) is 85.4 Å². The van der Waals surface area contributed by atoms with E-state index < -0.39 is 4.92 Å². The van der Waals surface area contributed by atoms with E-state index in [1.807, 2.05) is 13.0 Å². The molecule has 3 rings (SSSR count). The molecule has 0 fully saturated rings. The second-order valence-corrected chi connectivity index (χ2v) is 7.78. The minimum Gasteiger partial charge on any atom is -0.490 e. The fourth-order valence-corrected chi connectivity index (χ4v) is 3.73. The van der Waals surface area contributed by atoms with Gasteiger partial charge in [-0.1, -0.05) is 18.2 Å². The van der Waals surface area contributed by atoms with Crippen molar-refractivity contribution in [1.29, 1.82) is 5.26 Å². The molecule has 3 aromatic rings. The molecular weight excluding hydrogens is 526 g/mol. The maximum Gasteiger partial charge on any atom is 0.269 e. The average molecular weight is 544 g/mol. The van der Waals surface area contributed by atoms with Gasteiger partial charge >= 0.3 is 0 Å². The lowest BCUT2D eigenvalue weighted by Crippen LogP contribution is -2.03. The van der Waals surface area contributed by atoms with Crippen molar-refractivity contribution in [3.63, 3.8) is 0 Å². The largest absolute Gasteiger partial charge is 0.490 e. The molecule has 0 spiro atoms. The lowest BCUT2D eigenvalue weighted by atomic mass is 10.0. The van der Waals surface area contributed by atoms with Crippen molar-refractivity contribution in [3.05, 3.63) is 96.9 Å². The highest BCUT2D eigenvalue weighted by molar-refractivity contribution is 14.1. The SMILES string of the molecule is CCOc1cc(/C=C(/C#N)c2ccc([N+](=O)[O-])cc2)cc(I)c1OCc1ccccc1F. The first-order chi connectivity index (χ1) is 15.4. The van der Waals surface area contributed by atoms with E-state index >= 15 is 0 Å². The Morgan fingerprint density at radius 1 is 1.19 bits per heavy atom. The van der Waals surface area contributed by atoms with E-state index in [4.69, 9.17) is 9.47 Å². The quantitative estimate of drug-likeness (QED) is 0.108. The van der Waals surface area contributed by atoms with Gasteiger partial charge in [-0.05, 0) is 77.0 Å². The zero-order valence-electron chi connectivity index (χ0n) is 17.0. The van der Waals surface area contributed by atoms with Crippen molar-refractivity contribution in [1.82, 2.24) is 0 Å². The predicted molar refractivity (Wildman–Crippen MR) is 128 cm³/mol. The summed E-state index contributed by atoms with van der Waals surface area (Å²) < 4.78 is 26.3. The van der Waals surface area contributed by atoms with E-state index in [-0.39, 0.29) is 18.1 Å². The van der Waals surface area contributed by atoms with Crippen LogP contribution in [-0.2, 0) is 6.61 Å². The van der Waals surface area contributed by atoms with Gasteiger partial charge in [-0.25, -0.2) is 4.39 Å². The van der Waals surface area contributed by atoms with Crippen LogP contribution in [0.25, 0.3) is 11.6 Å². The molecule has 0 amide bonds. The lowest BCUT2D eigenvalue weighted by Gasteiger charge is -2.15. The highest BCUT2D eigenvalue weighted by Crippen LogP contribution is 2.36. The van der Waals surface area contributed by atoms with Crippen LogP contribution < -0.4 is 9.47 Å². The number of rotatable bonds is 8. The number of nitriles is 1. The van der Waals surface area contributed by atoms with Gasteiger partial charge < -0.3 is 9.47 Å². The summed E-state index contributed by atoms with van der Waals surface area (Å²) in [6.07, 6.45) is 1.67. The van der Waals surface area contributed by atoms with Crippen LogP contribution in [-0.4, -0.2) is 11.5 Å². The molecular formula is C24H18FIN2O4. The van der Waals surface area contributed by atoms with E-state index in [1.165, 1.54) is 30.3 Å². The molecule has 0 unspecified atom stereocenters. The number of halogens is 2. The number of hydrogen-bond acceptors (Lipinski definition) is 5. The van der Waals surface area contributed by atoms with Crippen molar-refractivity contribution < 1.29 is 18.8 Å². The summed E-state index contributed by atoms with van der Waals surface area (Å²) in [6, 6.07) is 17.9. The molecule has 0 aromatic heterocycles. The van der Waals surface area contributed by atoms with Crippen LogP contribution >= 0.6 is 22.6 Å². The third-order valence-corrected chi connectivity index (χ3v) is 5.28. The van der Waals surface area contributed by atoms with Gasteiger partial charge in [-0.15, -0.1) is 0 Å². The van der Waals surface area contributed by atoms with Crippen molar-refractivity contribution >= 4 is 39.9 Å². The summed E-state index contributed by atoms with van der Waals surface area (Å²) >= 11 is 2.10. The van der Waals surface area contributed by atoms with E-state index in [0.29, 0.717) is 40.4 Å². The van der Waals surface area contributed by atoms with Crippen LogP contribution in [0.5, 0.6) is 11.5 Å². The van der Waals surface area contributed by atoms with Gasteiger partial charge in [-0.2, -0.15) is 5.26 Å². The molecule has 0 aliphatic carbocycles. The van der Waals surface area contributed by atoms with Crippen molar-refractivity contribution in [2.45, 2.75) is 13.5 Å². The molecule has 0 heterocycles. The second kappa shape index (κ2) is 10.7. The van der Waals surface area contributed by atoms with Crippen LogP contribution in [0.2, 0.25) is 0 Å². The minimum atomic E-state index is -0.490. The standard InChI is InChI=1S/C24H18FIN2O4/c1-2-31-23-13-16(11-19(14-27)17-7-9-20(10-8-17)28(29)30)12-22(26)24(23)32-15-18-5-3-4-6-21(18)25/h3-13H,2,15H2,1H3/b19-11-. The number of hydrogen-bond donors (Lipinski definition) is 0. The van der Waals surface area contributed by atoms with Crippen LogP contribution in [0.15, 0.2) is 60.7 Å². The third-order valence-electron chi connectivity index (χ3n) is 4.48. The summed E-state index contributed by atoms with van der Waals surface area (Å²) in [6.45, 7) is 2.28. The Hall–Kier alpha value is -3.45. The smallest absolute Gasteiger partial charge is 0.269 e. The zero-order chi connectivity index (χ0) is 23.1. The van der Waals surface area contributed by atoms with Crippen molar-refractivity contribution in [2.75, 3.05) is 6.61 Å². The summed E-state index contributed by atoms with van der Waals surface area (Å²) in [7, 11) is 0. The molecule has 3 aromatic carbocycles. The number of ether oxygens (including phenoxy) is 2. The first kappa shape index (κ1) is 23.2. The summed E-state index contributed by atoms with van der Waals surface area (Å²) in [5.74, 6) is 0.617. The molecule has 0 aliphatic heterocycles. The maximum atomic E-state index is 13.9. The van der Waals surface area contributed by atoms with Gasteiger partial charge in [0.1, 0.15) is 12.4 Å². The Morgan fingerprint density at radius 2 is 1.91 bits per heavy atom. The number of non-ortho nitro benzene ring substituents is 1. The average Bonchev–Trinajstić information content (AvgIpc) is 2.78. The Bertz CT molecular complexity index is 1200. The van der Waals surface area contributed by atoms with E-state index in [9.17, 15) is 19.8 Å². The highest BCUT2D eigenvalue weighted by atomic mass is 127. The monoisotopic (exact) mass is 544 g/mol. The Kier molecular flexibility index (Phi) is 7.78. The molecule has 0 radical (unpaired) electrons. The summed E-state index contributed by atoms with van der Waals surface area (Å²) in [4.78, 5) is 10.4. The summed E-state index contributed by atoms with van der Waals surface area (Å²) in [5.41, 5.74) is 1.99. The van der Waals surface area contributed by atoms with Gasteiger partial charge in [0.2, 0.25) is 0 Å². The van der Waals surface area contributed by atoms with E-state index in [0.717, 1.165) is 3.57 Å². The predicted octanol–water partition coefficient (Wildman–Crippen LogP) is 6.38. The molecule has 162 valence electrons.